The molecule has 0 aromatic heterocycles. The van der Waals surface area contributed by atoms with E-state index in [1.807, 2.05) is 12.1 Å². The van der Waals surface area contributed by atoms with Crippen molar-refractivity contribution in [3.63, 3.8) is 0 Å². The minimum Gasteiger partial charge on any atom is -0.508 e. The lowest BCUT2D eigenvalue weighted by Gasteiger charge is -2.20. The van der Waals surface area contributed by atoms with Gasteiger partial charge in [0.05, 0.1) is 5.92 Å². The zero-order chi connectivity index (χ0) is 18.3. The van der Waals surface area contributed by atoms with Crippen molar-refractivity contribution < 1.29 is 19.4 Å². The first-order valence-corrected chi connectivity index (χ1v) is 9.35. The van der Waals surface area contributed by atoms with Crippen LogP contribution in [0.15, 0.2) is 64.3 Å². The fourth-order valence-corrected chi connectivity index (χ4v) is 3.95. The van der Waals surface area contributed by atoms with Crippen LogP contribution >= 0.6 is 15.9 Å². The summed E-state index contributed by atoms with van der Waals surface area (Å²) in [5.41, 5.74) is 1.98. The number of allylic oxidation sites excluding steroid dienone is 1. The molecule has 0 fully saturated rings. The molecule has 132 valence electrons. The van der Waals surface area contributed by atoms with E-state index in [2.05, 4.69) is 15.9 Å². The summed E-state index contributed by atoms with van der Waals surface area (Å²) in [5.74, 6) is 0.269. The molecule has 0 amide bonds. The number of ether oxygens (including phenoxy) is 1. The lowest BCUT2D eigenvalue weighted by molar-refractivity contribution is -0.116. The van der Waals surface area contributed by atoms with Gasteiger partial charge in [-0.3, -0.25) is 9.59 Å². The van der Waals surface area contributed by atoms with E-state index in [0.717, 1.165) is 16.5 Å². The van der Waals surface area contributed by atoms with E-state index in [4.69, 9.17) is 4.74 Å². The molecule has 26 heavy (non-hydrogen) atoms. The molecule has 2 atom stereocenters. The minimum absolute atomic E-state index is 0.0513. The van der Waals surface area contributed by atoms with Crippen LogP contribution in [0.25, 0.3) is 0 Å². The summed E-state index contributed by atoms with van der Waals surface area (Å²) in [5, 5.41) is 9.58. The molecule has 2 aliphatic rings. The second-order valence-electron chi connectivity index (χ2n) is 6.59. The molecule has 1 N–H and O–H groups in total. The van der Waals surface area contributed by atoms with E-state index in [-0.39, 0.29) is 17.3 Å². The average Bonchev–Trinajstić information content (AvgIpc) is 3.03. The lowest BCUT2D eigenvalue weighted by atomic mass is 9.80. The van der Waals surface area contributed by atoms with Gasteiger partial charge in [0.1, 0.15) is 11.5 Å². The number of ketones is 2. The third kappa shape index (κ3) is 2.97. The van der Waals surface area contributed by atoms with Gasteiger partial charge in [0.15, 0.2) is 11.9 Å². The maximum atomic E-state index is 13.1. The molecule has 1 aliphatic heterocycles. The topological polar surface area (TPSA) is 63.6 Å². The van der Waals surface area contributed by atoms with Crippen LogP contribution in [-0.4, -0.2) is 22.8 Å². The smallest absolute Gasteiger partial charge is 0.204 e. The van der Waals surface area contributed by atoms with E-state index in [0.29, 0.717) is 29.7 Å². The third-order valence-electron chi connectivity index (χ3n) is 4.93. The average molecular weight is 413 g/mol. The molecule has 5 heteroatoms. The van der Waals surface area contributed by atoms with Gasteiger partial charge in [-0.05, 0) is 36.2 Å². The predicted octanol–water partition coefficient (Wildman–Crippen LogP) is 4.53. The molecular weight excluding hydrogens is 396 g/mol. The van der Waals surface area contributed by atoms with E-state index in [1.165, 1.54) is 0 Å². The number of benzene rings is 2. The fraction of sp³-hybridized carbons (Fsp3) is 0.238. The van der Waals surface area contributed by atoms with Gasteiger partial charge in [0.25, 0.3) is 0 Å². The largest absolute Gasteiger partial charge is 0.508 e. The van der Waals surface area contributed by atoms with Crippen molar-refractivity contribution in [1.29, 1.82) is 0 Å². The molecule has 2 aromatic rings. The molecule has 2 aromatic carbocycles. The number of hydrogen-bond donors (Lipinski definition) is 1. The van der Waals surface area contributed by atoms with Gasteiger partial charge in [-0.1, -0.05) is 40.2 Å². The Balaban J connectivity index is 1.76. The summed E-state index contributed by atoms with van der Waals surface area (Å²) in [6, 6.07) is 13.8. The highest BCUT2D eigenvalue weighted by Crippen LogP contribution is 2.45. The molecule has 0 bridgehead atoms. The number of aromatic hydroxyl groups is 1. The Morgan fingerprint density at radius 1 is 1.04 bits per heavy atom. The van der Waals surface area contributed by atoms with E-state index in [9.17, 15) is 14.7 Å². The SMILES string of the molecule is O=C1CCCC2=C1[C@@H](c1ccc(O)cc1)[C@H](C(=O)c1ccc(Br)cc1)O2. The number of hydrogen-bond acceptors (Lipinski definition) is 4. The Labute approximate surface area is 159 Å². The summed E-state index contributed by atoms with van der Waals surface area (Å²) in [6.45, 7) is 0. The Bertz CT molecular complexity index is 897. The summed E-state index contributed by atoms with van der Waals surface area (Å²) < 4.78 is 6.91. The molecule has 0 spiro atoms. The molecule has 1 aliphatic carbocycles. The lowest BCUT2D eigenvalue weighted by Crippen LogP contribution is -2.28. The Kier molecular flexibility index (Phi) is 4.41. The van der Waals surface area contributed by atoms with Crippen molar-refractivity contribution in [2.75, 3.05) is 0 Å². The van der Waals surface area contributed by atoms with Crippen LogP contribution in [0.4, 0.5) is 0 Å². The standard InChI is InChI=1S/C21H17BrO4/c22-14-8-4-13(5-9-14)20(25)21-18(12-6-10-15(23)11-7-12)19-16(24)2-1-3-17(19)26-21/h4-11,18,21,23H,1-3H2/t18-,21-/m1/s1. The van der Waals surface area contributed by atoms with Crippen LogP contribution in [0.1, 0.15) is 41.1 Å². The summed E-state index contributed by atoms with van der Waals surface area (Å²) in [6.07, 6.45) is 1.15. The Hall–Kier alpha value is -2.40. The minimum atomic E-state index is -0.757. The Morgan fingerprint density at radius 3 is 2.42 bits per heavy atom. The molecule has 4 nitrogen and oxygen atoms in total. The number of phenols is 1. The van der Waals surface area contributed by atoms with Crippen molar-refractivity contribution in [2.24, 2.45) is 0 Å². The maximum Gasteiger partial charge on any atom is 0.204 e. The van der Waals surface area contributed by atoms with Gasteiger partial charge in [0, 0.05) is 28.5 Å². The summed E-state index contributed by atoms with van der Waals surface area (Å²) in [7, 11) is 0. The quantitative estimate of drug-likeness (QED) is 0.752. The predicted molar refractivity (Wildman–Crippen MR) is 100 cm³/mol. The first kappa shape index (κ1) is 17.0. The monoisotopic (exact) mass is 412 g/mol. The van der Waals surface area contributed by atoms with Gasteiger partial charge < -0.3 is 9.84 Å². The number of carbonyl (C=O) groups excluding carboxylic acids is 2. The molecule has 0 unspecified atom stereocenters. The molecule has 0 saturated heterocycles. The van der Waals surface area contributed by atoms with Crippen molar-refractivity contribution >= 4 is 27.5 Å². The van der Waals surface area contributed by atoms with Crippen LogP contribution in [0.2, 0.25) is 0 Å². The van der Waals surface area contributed by atoms with Crippen LogP contribution in [-0.2, 0) is 9.53 Å². The second-order valence-corrected chi connectivity index (χ2v) is 7.51. The van der Waals surface area contributed by atoms with Crippen molar-refractivity contribution in [2.45, 2.75) is 31.3 Å². The van der Waals surface area contributed by atoms with Crippen LogP contribution < -0.4 is 0 Å². The highest BCUT2D eigenvalue weighted by Gasteiger charge is 2.45. The number of halogens is 1. The third-order valence-corrected chi connectivity index (χ3v) is 5.46. The molecule has 0 saturated carbocycles. The second kappa shape index (κ2) is 6.72. The zero-order valence-corrected chi connectivity index (χ0v) is 15.5. The number of phenolic OH excluding ortho intramolecular Hbond substituents is 1. The molecule has 0 radical (unpaired) electrons. The van der Waals surface area contributed by atoms with Gasteiger partial charge in [-0.25, -0.2) is 0 Å². The molecular formula is C21H17BrO4. The number of carbonyl (C=O) groups is 2. The van der Waals surface area contributed by atoms with Crippen molar-refractivity contribution in [3.05, 3.63) is 75.5 Å². The summed E-state index contributed by atoms with van der Waals surface area (Å²) in [4.78, 5) is 25.7. The van der Waals surface area contributed by atoms with Crippen molar-refractivity contribution in [3.8, 4) is 5.75 Å². The number of Topliss-reactive ketones (excluding diaryl/α,β-unsaturated/α-hetero) is 2. The van der Waals surface area contributed by atoms with Crippen LogP contribution in [0.3, 0.4) is 0 Å². The number of rotatable bonds is 3. The fourth-order valence-electron chi connectivity index (χ4n) is 3.68. The molecule has 4 rings (SSSR count). The first-order valence-electron chi connectivity index (χ1n) is 8.56. The summed E-state index contributed by atoms with van der Waals surface area (Å²) >= 11 is 3.37. The Morgan fingerprint density at radius 2 is 1.73 bits per heavy atom. The van der Waals surface area contributed by atoms with Gasteiger partial charge in [-0.2, -0.15) is 0 Å². The molecule has 1 heterocycles. The maximum absolute atomic E-state index is 13.1. The highest BCUT2D eigenvalue weighted by molar-refractivity contribution is 9.10. The van der Waals surface area contributed by atoms with Gasteiger partial charge >= 0.3 is 0 Å². The zero-order valence-electron chi connectivity index (χ0n) is 13.9. The van der Waals surface area contributed by atoms with Crippen LogP contribution in [0, 0.1) is 0 Å². The van der Waals surface area contributed by atoms with E-state index in [1.54, 1.807) is 36.4 Å². The van der Waals surface area contributed by atoms with Gasteiger partial charge in [0.2, 0.25) is 5.78 Å². The van der Waals surface area contributed by atoms with E-state index < -0.39 is 12.0 Å². The van der Waals surface area contributed by atoms with Gasteiger partial charge in [-0.15, -0.1) is 0 Å². The normalized spacial score (nSPS) is 22.1. The van der Waals surface area contributed by atoms with Crippen molar-refractivity contribution in [1.82, 2.24) is 0 Å². The first-order chi connectivity index (χ1) is 12.5. The van der Waals surface area contributed by atoms with E-state index >= 15 is 0 Å². The highest BCUT2D eigenvalue weighted by atomic mass is 79.9. The van der Waals surface area contributed by atoms with Crippen LogP contribution in [0.5, 0.6) is 5.75 Å².